The van der Waals surface area contributed by atoms with Crippen LogP contribution in [0.2, 0.25) is 5.15 Å². The van der Waals surface area contributed by atoms with Crippen LogP contribution in [-0.4, -0.2) is 29.1 Å². The van der Waals surface area contributed by atoms with Gasteiger partial charge in [-0.1, -0.05) is 17.7 Å². The standard InChI is InChI=1S/C17H14ClFN6/c1-2-25-15(22-12-6-7-13(18)23-17(12)25)10-24-9-8-20-16(24)11-4-3-5-14(19)21-11/h3-9H,2,10H2,1H3. The minimum absolute atomic E-state index is 0.431. The van der Waals surface area contributed by atoms with Crippen LogP contribution < -0.4 is 0 Å². The maximum Gasteiger partial charge on any atom is 0.213 e. The molecule has 0 spiro atoms. The van der Waals surface area contributed by atoms with Crippen molar-refractivity contribution in [2.75, 3.05) is 0 Å². The highest BCUT2D eigenvalue weighted by atomic mass is 35.5. The molecular formula is C17H14ClFN6. The molecule has 0 saturated heterocycles. The van der Waals surface area contributed by atoms with Crippen molar-refractivity contribution in [3.05, 3.63) is 59.7 Å². The summed E-state index contributed by atoms with van der Waals surface area (Å²) in [5, 5.41) is 0.431. The first-order valence-corrected chi connectivity index (χ1v) is 8.19. The van der Waals surface area contributed by atoms with Gasteiger partial charge in [-0.2, -0.15) is 4.39 Å². The lowest BCUT2D eigenvalue weighted by Crippen LogP contribution is -2.09. The highest BCUT2D eigenvalue weighted by Gasteiger charge is 2.15. The smallest absolute Gasteiger partial charge is 0.213 e. The van der Waals surface area contributed by atoms with Crippen molar-refractivity contribution in [3.63, 3.8) is 0 Å². The van der Waals surface area contributed by atoms with Crippen molar-refractivity contribution in [1.82, 2.24) is 29.1 Å². The van der Waals surface area contributed by atoms with Crippen LogP contribution in [0.25, 0.3) is 22.7 Å². The molecule has 0 unspecified atom stereocenters. The van der Waals surface area contributed by atoms with Crippen molar-refractivity contribution >= 4 is 22.8 Å². The largest absolute Gasteiger partial charge is 0.322 e. The van der Waals surface area contributed by atoms with Crippen LogP contribution in [0.15, 0.2) is 42.7 Å². The van der Waals surface area contributed by atoms with Gasteiger partial charge >= 0.3 is 0 Å². The van der Waals surface area contributed by atoms with Gasteiger partial charge in [0.15, 0.2) is 11.5 Å². The van der Waals surface area contributed by atoms with E-state index in [0.29, 0.717) is 29.8 Å². The second-order valence-corrected chi connectivity index (χ2v) is 5.86. The number of hydrogen-bond donors (Lipinski definition) is 0. The average molecular weight is 357 g/mol. The van der Waals surface area contributed by atoms with Gasteiger partial charge in [0.1, 0.15) is 22.2 Å². The summed E-state index contributed by atoms with van der Waals surface area (Å²) in [6.45, 7) is 3.20. The summed E-state index contributed by atoms with van der Waals surface area (Å²) in [4.78, 5) is 17.2. The third-order valence-corrected chi connectivity index (χ3v) is 4.14. The lowest BCUT2D eigenvalue weighted by molar-refractivity contribution is 0.584. The Labute approximate surface area is 148 Å². The Hall–Kier alpha value is -2.80. The second kappa shape index (κ2) is 6.25. The van der Waals surface area contributed by atoms with E-state index in [4.69, 9.17) is 11.6 Å². The first-order chi connectivity index (χ1) is 12.2. The maximum atomic E-state index is 13.4. The first kappa shape index (κ1) is 15.7. The zero-order valence-electron chi connectivity index (χ0n) is 13.4. The van der Waals surface area contributed by atoms with Gasteiger partial charge < -0.3 is 9.13 Å². The van der Waals surface area contributed by atoms with Crippen LogP contribution >= 0.6 is 11.6 Å². The van der Waals surface area contributed by atoms with Gasteiger partial charge in [-0.05, 0) is 31.2 Å². The van der Waals surface area contributed by atoms with Crippen LogP contribution in [0.3, 0.4) is 0 Å². The summed E-state index contributed by atoms with van der Waals surface area (Å²) in [6.07, 6.45) is 3.48. The summed E-state index contributed by atoms with van der Waals surface area (Å²) in [5.41, 5.74) is 2.01. The van der Waals surface area contributed by atoms with Crippen LogP contribution in [0.4, 0.5) is 4.39 Å². The zero-order chi connectivity index (χ0) is 17.4. The normalized spacial score (nSPS) is 11.3. The molecule has 0 bridgehead atoms. The van der Waals surface area contributed by atoms with Gasteiger partial charge in [0, 0.05) is 18.9 Å². The Morgan fingerprint density at radius 3 is 2.80 bits per heavy atom. The molecule has 0 amide bonds. The SMILES string of the molecule is CCn1c(Cn2ccnc2-c2cccc(F)n2)nc2ccc(Cl)nc21. The number of aromatic nitrogens is 6. The Bertz CT molecular complexity index is 1050. The van der Waals surface area contributed by atoms with E-state index in [-0.39, 0.29) is 0 Å². The molecule has 0 aliphatic heterocycles. The van der Waals surface area contributed by atoms with Crippen molar-refractivity contribution in [2.24, 2.45) is 0 Å². The van der Waals surface area contributed by atoms with E-state index in [0.717, 1.165) is 17.0 Å². The van der Waals surface area contributed by atoms with Crippen LogP contribution in [0.1, 0.15) is 12.7 Å². The summed E-state index contributed by atoms with van der Waals surface area (Å²) in [5.74, 6) is 0.870. The van der Waals surface area contributed by atoms with Crippen molar-refractivity contribution < 1.29 is 4.39 Å². The fourth-order valence-corrected chi connectivity index (χ4v) is 2.98. The zero-order valence-corrected chi connectivity index (χ0v) is 14.2. The van der Waals surface area contributed by atoms with Crippen LogP contribution in [0.5, 0.6) is 0 Å². The minimum atomic E-state index is -0.535. The van der Waals surface area contributed by atoms with Crippen LogP contribution in [-0.2, 0) is 13.1 Å². The van der Waals surface area contributed by atoms with Crippen molar-refractivity contribution in [1.29, 1.82) is 0 Å². The van der Waals surface area contributed by atoms with E-state index in [1.54, 1.807) is 24.4 Å². The molecule has 0 N–H and O–H groups in total. The quantitative estimate of drug-likeness (QED) is 0.525. The number of pyridine rings is 2. The molecule has 4 aromatic rings. The fourth-order valence-electron chi connectivity index (χ4n) is 2.83. The van der Waals surface area contributed by atoms with Gasteiger partial charge in [-0.3, -0.25) is 0 Å². The number of nitrogens with zero attached hydrogens (tertiary/aromatic N) is 6. The van der Waals surface area contributed by atoms with E-state index in [1.165, 1.54) is 6.07 Å². The number of rotatable bonds is 4. The molecule has 0 saturated carbocycles. The number of imidazole rings is 2. The molecule has 0 radical (unpaired) electrons. The topological polar surface area (TPSA) is 61.4 Å². The van der Waals surface area contributed by atoms with Crippen molar-refractivity contribution in [3.8, 4) is 11.5 Å². The Balaban J connectivity index is 1.77. The number of halogens is 2. The van der Waals surface area contributed by atoms with E-state index >= 15 is 0 Å². The van der Waals surface area contributed by atoms with E-state index < -0.39 is 5.95 Å². The lowest BCUT2D eigenvalue weighted by atomic mass is 10.3. The third kappa shape index (κ3) is 2.87. The molecule has 4 heterocycles. The molecular weight excluding hydrogens is 343 g/mol. The maximum absolute atomic E-state index is 13.4. The molecule has 4 aromatic heterocycles. The predicted molar refractivity (Wildman–Crippen MR) is 92.7 cm³/mol. The van der Waals surface area contributed by atoms with Gasteiger partial charge in [0.25, 0.3) is 0 Å². The van der Waals surface area contributed by atoms with E-state index in [1.807, 2.05) is 28.3 Å². The predicted octanol–water partition coefficient (Wildman–Crippen LogP) is 3.55. The lowest BCUT2D eigenvalue weighted by Gasteiger charge is -2.09. The fraction of sp³-hybridized carbons (Fsp3) is 0.176. The summed E-state index contributed by atoms with van der Waals surface area (Å²) in [6, 6.07) is 8.22. The van der Waals surface area contributed by atoms with Gasteiger partial charge in [0.2, 0.25) is 5.95 Å². The summed E-state index contributed by atoms with van der Waals surface area (Å²) in [7, 11) is 0. The Morgan fingerprint density at radius 1 is 1.12 bits per heavy atom. The summed E-state index contributed by atoms with van der Waals surface area (Å²) >= 11 is 6.01. The molecule has 8 heteroatoms. The van der Waals surface area contributed by atoms with Crippen molar-refractivity contribution in [2.45, 2.75) is 20.0 Å². The number of fused-ring (bicyclic) bond motifs is 1. The highest BCUT2D eigenvalue weighted by molar-refractivity contribution is 6.29. The molecule has 126 valence electrons. The number of aryl methyl sites for hydroxylation is 1. The molecule has 25 heavy (non-hydrogen) atoms. The molecule has 0 fully saturated rings. The van der Waals surface area contributed by atoms with E-state index in [9.17, 15) is 4.39 Å². The monoisotopic (exact) mass is 356 g/mol. The van der Waals surface area contributed by atoms with E-state index in [2.05, 4.69) is 19.9 Å². The molecule has 0 aromatic carbocycles. The summed E-state index contributed by atoms with van der Waals surface area (Å²) < 4.78 is 17.3. The highest BCUT2D eigenvalue weighted by Crippen LogP contribution is 2.20. The van der Waals surface area contributed by atoms with Crippen LogP contribution in [0, 0.1) is 5.95 Å². The second-order valence-electron chi connectivity index (χ2n) is 5.47. The van der Waals surface area contributed by atoms with Gasteiger partial charge in [-0.15, -0.1) is 0 Å². The Kier molecular flexibility index (Phi) is 3.93. The van der Waals surface area contributed by atoms with Gasteiger partial charge in [0.05, 0.1) is 6.54 Å². The minimum Gasteiger partial charge on any atom is -0.322 e. The average Bonchev–Trinajstić information content (AvgIpc) is 3.19. The molecule has 0 aliphatic rings. The number of hydrogen-bond acceptors (Lipinski definition) is 4. The first-order valence-electron chi connectivity index (χ1n) is 7.81. The molecule has 0 aliphatic carbocycles. The molecule has 0 atom stereocenters. The van der Waals surface area contributed by atoms with Gasteiger partial charge in [-0.25, -0.2) is 19.9 Å². The Morgan fingerprint density at radius 2 is 2.00 bits per heavy atom. The molecule has 4 rings (SSSR count). The third-order valence-electron chi connectivity index (χ3n) is 3.92. The molecule has 6 nitrogen and oxygen atoms in total.